The van der Waals surface area contributed by atoms with E-state index in [9.17, 15) is 0 Å². The highest BCUT2D eigenvalue weighted by molar-refractivity contribution is 5.42. The van der Waals surface area contributed by atoms with Crippen LogP contribution in [-0.2, 0) is 5.41 Å². The molecule has 0 amide bonds. The van der Waals surface area contributed by atoms with E-state index in [1.54, 1.807) is 18.6 Å². The number of aromatic nitrogens is 3. The average molecular weight is 290 g/mol. The second-order valence-electron chi connectivity index (χ2n) is 5.09. The molecule has 4 heteroatoms. The Hall–Kier alpha value is -2.59. The first kappa shape index (κ1) is 14.4. The lowest BCUT2D eigenvalue weighted by Crippen LogP contribution is -2.35. The summed E-state index contributed by atoms with van der Waals surface area (Å²) >= 11 is 0. The van der Waals surface area contributed by atoms with Crippen LogP contribution in [-0.4, -0.2) is 21.5 Å². The standard InChI is InChI=1S/C18H18N4/c19-11-10-18(15-7-1-4-12-20-15,16-8-2-5-13-21-16)17-9-3-6-14-22-17/h1-9,12-14H,10-11,19H2. The predicted octanol–water partition coefficient (Wildman–Crippen LogP) is 2.55. The van der Waals surface area contributed by atoms with Gasteiger partial charge >= 0.3 is 0 Å². The van der Waals surface area contributed by atoms with Crippen molar-refractivity contribution in [2.45, 2.75) is 11.8 Å². The topological polar surface area (TPSA) is 64.7 Å². The predicted molar refractivity (Wildman–Crippen MR) is 86.3 cm³/mol. The zero-order valence-corrected chi connectivity index (χ0v) is 12.3. The normalized spacial score (nSPS) is 11.3. The molecule has 0 unspecified atom stereocenters. The monoisotopic (exact) mass is 290 g/mol. The molecule has 0 fully saturated rings. The van der Waals surface area contributed by atoms with Gasteiger partial charge in [0.1, 0.15) is 0 Å². The van der Waals surface area contributed by atoms with Gasteiger partial charge in [0.2, 0.25) is 0 Å². The van der Waals surface area contributed by atoms with Crippen LogP contribution in [0.2, 0.25) is 0 Å². The minimum Gasteiger partial charge on any atom is -0.330 e. The average Bonchev–Trinajstić information content (AvgIpc) is 2.62. The Bertz CT molecular complexity index is 602. The highest BCUT2D eigenvalue weighted by Gasteiger charge is 2.39. The molecule has 110 valence electrons. The summed E-state index contributed by atoms with van der Waals surface area (Å²) in [5.41, 5.74) is 8.16. The molecule has 0 radical (unpaired) electrons. The molecule has 0 aliphatic heterocycles. The molecule has 0 saturated carbocycles. The van der Waals surface area contributed by atoms with Crippen molar-refractivity contribution in [3.63, 3.8) is 0 Å². The molecule has 2 N–H and O–H groups in total. The Balaban J connectivity index is 2.29. The lowest BCUT2D eigenvalue weighted by atomic mass is 9.74. The molecule has 3 rings (SSSR count). The third kappa shape index (κ3) is 2.49. The summed E-state index contributed by atoms with van der Waals surface area (Å²) in [6.45, 7) is 0.518. The van der Waals surface area contributed by atoms with Crippen LogP contribution in [0.15, 0.2) is 73.2 Å². The minimum atomic E-state index is -0.529. The van der Waals surface area contributed by atoms with Gasteiger partial charge in [-0.05, 0) is 49.4 Å². The first-order valence-electron chi connectivity index (χ1n) is 7.32. The summed E-state index contributed by atoms with van der Waals surface area (Å²) in [5.74, 6) is 0. The van der Waals surface area contributed by atoms with Crippen molar-refractivity contribution in [3.05, 3.63) is 90.3 Å². The fraction of sp³-hybridized carbons (Fsp3) is 0.167. The van der Waals surface area contributed by atoms with Crippen molar-refractivity contribution in [2.75, 3.05) is 6.54 Å². The van der Waals surface area contributed by atoms with Crippen LogP contribution in [0, 0.1) is 0 Å². The number of pyridine rings is 3. The summed E-state index contributed by atoms with van der Waals surface area (Å²) in [7, 11) is 0. The summed E-state index contributed by atoms with van der Waals surface area (Å²) < 4.78 is 0. The third-order valence-electron chi connectivity index (χ3n) is 3.83. The summed E-state index contributed by atoms with van der Waals surface area (Å²) in [5, 5.41) is 0. The van der Waals surface area contributed by atoms with Gasteiger partial charge in [-0.1, -0.05) is 18.2 Å². The smallest absolute Gasteiger partial charge is 0.0978 e. The largest absolute Gasteiger partial charge is 0.330 e. The molecule has 22 heavy (non-hydrogen) atoms. The molecule has 0 bridgehead atoms. The molecule has 3 heterocycles. The van der Waals surface area contributed by atoms with Gasteiger partial charge < -0.3 is 5.73 Å². The highest BCUT2D eigenvalue weighted by Crippen LogP contribution is 2.38. The van der Waals surface area contributed by atoms with Crippen molar-refractivity contribution in [3.8, 4) is 0 Å². The zero-order valence-electron chi connectivity index (χ0n) is 12.3. The van der Waals surface area contributed by atoms with Crippen molar-refractivity contribution in [2.24, 2.45) is 5.73 Å². The van der Waals surface area contributed by atoms with Crippen LogP contribution in [0.1, 0.15) is 23.5 Å². The highest BCUT2D eigenvalue weighted by atomic mass is 14.8. The quantitative estimate of drug-likeness (QED) is 0.784. The lowest BCUT2D eigenvalue weighted by Gasteiger charge is -2.32. The van der Waals surface area contributed by atoms with Crippen LogP contribution in [0.4, 0.5) is 0 Å². The molecule has 0 spiro atoms. The SMILES string of the molecule is NCCC(c1ccccn1)(c1ccccn1)c1ccccn1. The molecule has 0 atom stereocenters. The molecular formula is C18H18N4. The van der Waals surface area contributed by atoms with Crippen LogP contribution in [0.25, 0.3) is 0 Å². The van der Waals surface area contributed by atoms with Gasteiger partial charge in [-0.15, -0.1) is 0 Å². The Labute approximate surface area is 130 Å². The van der Waals surface area contributed by atoms with Gasteiger partial charge in [0.25, 0.3) is 0 Å². The molecule has 3 aromatic rings. The van der Waals surface area contributed by atoms with Gasteiger partial charge in [-0.25, -0.2) is 0 Å². The minimum absolute atomic E-state index is 0.518. The molecule has 0 saturated heterocycles. The lowest BCUT2D eigenvalue weighted by molar-refractivity contribution is 0.521. The van der Waals surface area contributed by atoms with Gasteiger partial charge in [-0.3, -0.25) is 15.0 Å². The van der Waals surface area contributed by atoms with E-state index in [1.807, 2.05) is 54.6 Å². The third-order valence-corrected chi connectivity index (χ3v) is 3.83. The number of nitrogens with two attached hydrogens (primary N) is 1. The van der Waals surface area contributed by atoms with Gasteiger partial charge in [0.05, 0.1) is 22.5 Å². The second kappa shape index (κ2) is 6.45. The van der Waals surface area contributed by atoms with Crippen LogP contribution in [0.3, 0.4) is 0 Å². The van der Waals surface area contributed by atoms with E-state index in [0.29, 0.717) is 13.0 Å². The fourth-order valence-electron chi connectivity index (χ4n) is 2.84. The Morgan fingerprint density at radius 2 is 1.09 bits per heavy atom. The van der Waals surface area contributed by atoms with Crippen LogP contribution >= 0.6 is 0 Å². The zero-order chi connectivity index (χ0) is 15.3. The first-order valence-corrected chi connectivity index (χ1v) is 7.32. The first-order chi connectivity index (χ1) is 10.9. The number of hydrogen-bond acceptors (Lipinski definition) is 4. The van der Waals surface area contributed by atoms with E-state index >= 15 is 0 Å². The van der Waals surface area contributed by atoms with E-state index in [0.717, 1.165) is 17.1 Å². The molecule has 0 aliphatic carbocycles. The maximum absolute atomic E-state index is 5.94. The molecular weight excluding hydrogens is 272 g/mol. The maximum atomic E-state index is 5.94. The molecule has 3 aromatic heterocycles. The Kier molecular flexibility index (Phi) is 4.21. The maximum Gasteiger partial charge on any atom is 0.0978 e. The number of rotatable bonds is 5. The Morgan fingerprint density at radius 3 is 1.36 bits per heavy atom. The summed E-state index contributed by atoms with van der Waals surface area (Å²) in [4.78, 5) is 13.8. The van der Waals surface area contributed by atoms with E-state index in [4.69, 9.17) is 5.73 Å². The fourth-order valence-corrected chi connectivity index (χ4v) is 2.84. The molecule has 0 aromatic carbocycles. The van der Waals surface area contributed by atoms with Crippen LogP contribution in [0.5, 0.6) is 0 Å². The number of nitrogens with zero attached hydrogens (tertiary/aromatic N) is 3. The summed E-state index contributed by atoms with van der Waals surface area (Å²) in [6.07, 6.45) is 6.09. The van der Waals surface area contributed by atoms with Crippen LogP contribution < -0.4 is 5.73 Å². The van der Waals surface area contributed by atoms with E-state index < -0.39 is 5.41 Å². The molecule has 4 nitrogen and oxygen atoms in total. The van der Waals surface area contributed by atoms with Crippen molar-refractivity contribution < 1.29 is 0 Å². The van der Waals surface area contributed by atoms with Gasteiger partial charge in [0.15, 0.2) is 0 Å². The van der Waals surface area contributed by atoms with E-state index in [1.165, 1.54) is 0 Å². The second-order valence-corrected chi connectivity index (χ2v) is 5.09. The summed E-state index contributed by atoms with van der Waals surface area (Å²) in [6, 6.07) is 17.7. The Morgan fingerprint density at radius 1 is 0.682 bits per heavy atom. The van der Waals surface area contributed by atoms with Crippen molar-refractivity contribution in [1.82, 2.24) is 15.0 Å². The van der Waals surface area contributed by atoms with Crippen molar-refractivity contribution >= 4 is 0 Å². The number of hydrogen-bond donors (Lipinski definition) is 1. The van der Waals surface area contributed by atoms with Gasteiger partial charge in [0, 0.05) is 18.6 Å². The van der Waals surface area contributed by atoms with E-state index in [2.05, 4.69) is 15.0 Å². The van der Waals surface area contributed by atoms with Gasteiger partial charge in [-0.2, -0.15) is 0 Å². The molecule has 0 aliphatic rings. The van der Waals surface area contributed by atoms with E-state index in [-0.39, 0.29) is 0 Å². The van der Waals surface area contributed by atoms with Crippen molar-refractivity contribution in [1.29, 1.82) is 0 Å².